The summed E-state index contributed by atoms with van der Waals surface area (Å²) in [4.78, 5) is 3.07. The molecule has 1 aromatic carbocycles. The highest BCUT2D eigenvalue weighted by atomic mass is 79.9. The lowest BCUT2D eigenvalue weighted by Gasteiger charge is -2.09. The summed E-state index contributed by atoms with van der Waals surface area (Å²) in [6.07, 6.45) is 0. The Labute approximate surface area is 120 Å². The molecular weight excluding hydrogens is 308 g/mol. The maximum Gasteiger partial charge on any atom is 0.0738 e. The van der Waals surface area contributed by atoms with Crippen molar-refractivity contribution in [1.29, 1.82) is 0 Å². The Morgan fingerprint density at radius 2 is 1.94 bits per heavy atom. The number of halogens is 1. The lowest BCUT2D eigenvalue weighted by Crippen LogP contribution is -1.92. The molecule has 0 N–H and O–H groups in total. The number of rotatable bonds is 2. The summed E-state index contributed by atoms with van der Waals surface area (Å²) in [5.41, 5.74) is 5.36. The molecule has 2 heterocycles. The first kappa shape index (κ1) is 12.4. The van der Waals surface area contributed by atoms with E-state index in [1.165, 1.54) is 32.0 Å². The quantitative estimate of drug-likeness (QED) is 0.716. The topological polar surface area (TPSA) is 9.23 Å². The summed E-state index contributed by atoms with van der Waals surface area (Å²) in [6, 6.07) is 8.95. The predicted octanol–water partition coefficient (Wildman–Crippen LogP) is 4.88. The molecule has 1 aromatic heterocycles. The molecule has 1 nitrogen and oxygen atoms in total. The van der Waals surface area contributed by atoms with Crippen LogP contribution in [0.2, 0.25) is 0 Å². The van der Waals surface area contributed by atoms with Crippen LogP contribution in [0.15, 0.2) is 24.3 Å². The van der Waals surface area contributed by atoms with Gasteiger partial charge in [0.05, 0.1) is 18.0 Å². The Morgan fingerprint density at radius 3 is 2.67 bits per heavy atom. The highest BCUT2D eigenvalue weighted by Gasteiger charge is 2.17. The van der Waals surface area contributed by atoms with Gasteiger partial charge in [0, 0.05) is 9.75 Å². The van der Waals surface area contributed by atoms with Crippen molar-refractivity contribution in [3.63, 3.8) is 0 Å². The van der Waals surface area contributed by atoms with Crippen molar-refractivity contribution in [2.75, 3.05) is 0 Å². The molecule has 18 heavy (non-hydrogen) atoms. The number of ether oxygens (including phenoxy) is 1. The summed E-state index contributed by atoms with van der Waals surface area (Å²) in [5.74, 6) is 0. The van der Waals surface area contributed by atoms with E-state index in [9.17, 15) is 0 Å². The first-order valence-corrected chi connectivity index (χ1v) is 7.79. The SMILES string of the molecule is Cc1cc(C(Br)c2ccc3c(c2)COC3)sc1C. The zero-order chi connectivity index (χ0) is 12.7. The Hall–Kier alpha value is -0.640. The number of hydrogen-bond donors (Lipinski definition) is 0. The minimum absolute atomic E-state index is 0.292. The second-order valence-electron chi connectivity index (χ2n) is 4.77. The van der Waals surface area contributed by atoms with E-state index in [4.69, 9.17) is 4.74 Å². The minimum Gasteiger partial charge on any atom is -0.372 e. The number of fused-ring (bicyclic) bond motifs is 1. The summed E-state index contributed by atoms with van der Waals surface area (Å²) >= 11 is 5.69. The molecule has 1 aliphatic heterocycles. The molecule has 0 amide bonds. The van der Waals surface area contributed by atoms with E-state index in [2.05, 4.69) is 54.0 Å². The van der Waals surface area contributed by atoms with E-state index >= 15 is 0 Å². The van der Waals surface area contributed by atoms with E-state index in [1.807, 2.05) is 11.3 Å². The van der Waals surface area contributed by atoms with Gasteiger partial charge in [-0.1, -0.05) is 34.1 Å². The van der Waals surface area contributed by atoms with Crippen LogP contribution in [0.5, 0.6) is 0 Å². The van der Waals surface area contributed by atoms with Crippen LogP contribution in [0.3, 0.4) is 0 Å². The fourth-order valence-corrected chi connectivity index (χ4v) is 3.99. The van der Waals surface area contributed by atoms with Crippen LogP contribution >= 0.6 is 27.3 Å². The summed E-state index contributed by atoms with van der Waals surface area (Å²) in [5, 5.41) is 0. The van der Waals surface area contributed by atoms with E-state index in [-0.39, 0.29) is 0 Å². The molecule has 3 rings (SSSR count). The molecule has 0 spiro atoms. The third-order valence-corrected chi connectivity index (χ3v) is 6.02. The van der Waals surface area contributed by atoms with Gasteiger partial charge in [0.1, 0.15) is 0 Å². The van der Waals surface area contributed by atoms with E-state index < -0.39 is 0 Å². The van der Waals surface area contributed by atoms with E-state index in [1.54, 1.807) is 0 Å². The standard InChI is InChI=1S/C15H15BrOS/c1-9-5-14(18-10(9)2)15(16)11-3-4-12-7-17-8-13(12)6-11/h3-6,15H,7-8H2,1-2H3. The largest absolute Gasteiger partial charge is 0.372 e. The first-order chi connectivity index (χ1) is 8.65. The van der Waals surface area contributed by atoms with E-state index in [0.29, 0.717) is 4.83 Å². The molecule has 1 aliphatic rings. The number of alkyl halides is 1. The molecule has 1 atom stereocenters. The van der Waals surface area contributed by atoms with Crippen molar-refractivity contribution in [2.24, 2.45) is 0 Å². The van der Waals surface area contributed by atoms with Crippen LogP contribution in [0, 0.1) is 13.8 Å². The number of benzene rings is 1. The van der Waals surface area contributed by atoms with Crippen LogP contribution in [0.1, 0.15) is 36.8 Å². The van der Waals surface area contributed by atoms with Gasteiger partial charge < -0.3 is 4.74 Å². The Balaban J connectivity index is 1.94. The third kappa shape index (κ3) is 2.15. The third-order valence-electron chi connectivity index (χ3n) is 3.47. The Morgan fingerprint density at radius 1 is 1.17 bits per heavy atom. The summed E-state index contributed by atoms with van der Waals surface area (Å²) in [7, 11) is 0. The Bertz CT molecular complexity index is 569. The molecule has 94 valence electrons. The molecule has 0 fully saturated rings. The van der Waals surface area contributed by atoms with Gasteiger partial charge in [0.15, 0.2) is 0 Å². The maximum atomic E-state index is 5.47. The smallest absolute Gasteiger partial charge is 0.0738 e. The molecule has 0 bridgehead atoms. The molecular formula is C15H15BrOS. The van der Waals surface area contributed by atoms with Crippen LogP contribution in [-0.4, -0.2) is 0 Å². The normalized spacial score (nSPS) is 15.7. The lowest BCUT2D eigenvalue weighted by molar-refractivity contribution is 0.134. The van der Waals surface area contributed by atoms with Crippen LogP contribution in [-0.2, 0) is 18.0 Å². The zero-order valence-corrected chi connectivity index (χ0v) is 12.9. The van der Waals surface area contributed by atoms with E-state index in [0.717, 1.165) is 13.2 Å². The van der Waals surface area contributed by atoms with Crippen molar-refractivity contribution in [3.05, 3.63) is 56.3 Å². The highest BCUT2D eigenvalue weighted by molar-refractivity contribution is 9.09. The molecule has 0 saturated carbocycles. The number of hydrogen-bond acceptors (Lipinski definition) is 2. The van der Waals surface area contributed by atoms with Crippen LogP contribution in [0.4, 0.5) is 0 Å². The van der Waals surface area contributed by atoms with Gasteiger partial charge in [-0.2, -0.15) is 0 Å². The monoisotopic (exact) mass is 322 g/mol. The van der Waals surface area contributed by atoms with Gasteiger partial charge >= 0.3 is 0 Å². The van der Waals surface area contributed by atoms with Crippen LogP contribution < -0.4 is 0 Å². The van der Waals surface area contributed by atoms with Gasteiger partial charge in [0.2, 0.25) is 0 Å². The fraction of sp³-hybridized carbons (Fsp3) is 0.333. The maximum absolute atomic E-state index is 5.47. The Kier molecular flexibility index (Phi) is 3.31. The first-order valence-electron chi connectivity index (χ1n) is 6.05. The minimum atomic E-state index is 0.292. The summed E-state index contributed by atoms with van der Waals surface area (Å²) in [6.45, 7) is 5.87. The average Bonchev–Trinajstić information content (AvgIpc) is 2.95. The van der Waals surface area contributed by atoms with Crippen molar-refractivity contribution in [3.8, 4) is 0 Å². The van der Waals surface area contributed by atoms with Gasteiger partial charge in [-0.05, 0) is 42.2 Å². The van der Waals surface area contributed by atoms with Gasteiger partial charge in [-0.25, -0.2) is 0 Å². The van der Waals surface area contributed by atoms with Crippen molar-refractivity contribution in [2.45, 2.75) is 31.9 Å². The lowest BCUT2D eigenvalue weighted by atomic mass is 10.0. The highest BCUT2D eigenvalue weighted by Crippen LogP contribution is 2.38. The van der Waals surface area contributed by atoms with Gasteiger partial charge in [-0.3, -0.25) is 0 Å². The fourth-order valence-electron chi connectivity index (χ4n) is 2.24. The van der Waals surface area contributed by atoms with Crippen LogP contribution in [0.25, 0.3) is 0 Å². The second-order valence-corrected chi connectivity index (χ2v) is 6.98. The number of thiophene rings is 1. The molecule has 1 unspecified atom stereocenters. The van der Waals surface area contributed by atoms with Crippen molar-refractivity contribution in [1.82, 2.24) is 0 Å². The molecule has 3 heteroatoms. The zero-order valence-electron chi connectivity index (χ0n) is 10.5. The number of aryl methyl sites for hydroxylation is 2. The van der Waals surface area contributed by atoms with Crippen molar-refractivity contribution >= 4 is 27.3 Å². The average molecular weight is 323 g/mol. The molecule has 2 aromatic rings. The molecule has 0 aliphatic carbocycles. The predicted molar refractivity (Wildman–Crippen MR) is 79.5 cm³/mol. The molecule has 0 saturated heterocycles. The molecule has 0 radical (unpaired) electrons. The van der Waals surface area contributed by atoms with Gasteiger partial charge in [-0.15, -0.1) is 11.3 Å². The van der Waals surface area contributed by atoms with Gasteiger partial charge in [0.25, 0.3) is 0 Å². The second kappa shape index (κ2) is 4.80. The summed E-state index contributed by atoms with van der Waals surface area (Å²) < 4.78 is 5.47. The van der Waals surface area contributed by atoms with Crippen molar-refractivity contribution < 1.29 is 4.74 Å².